The molecular weight excluding hydrogens is 450 g/mol. The first-order valence-corrected chi connectivity index (χ1v) is 11.7. The van der Waals surface area contributed by atoms with E-state index in [1.165, 1.54) is 19.2 Å². The Balaban J connectivity index is 1.79. The molecule has 1 heterocycles. The molecule has 2 aromatic carbocycles. The van der Waals surface area contributed by atoms with E-state index in [1.807, 2.05) is 51.2 Å². The molecule has 3 rings (SSSR count). The van der Waals surface area contributed by atoms with Crippen LogP contribution in [0, 0.1) is 22.0 Å². The SMILES string of the molecule is COC(=O)C1C(C)NC(C)C(C(=O)OCCN(C)Cc2ccccc2)C1c1cccc([N+](=O)[O-])c1. The molecule has 5 unspecified atom stereocenters. The molecule has 5 atom stereocenters. The van der Waals surface area contributed by atoms with Gasteiger partial charge >= 0.3 is 11.9 Å². The van der Waals surface area contributed by atoms with E-state index in [0.29, 0.717) is 12.1 Å². The molecule has 9 heteroatoms. The summed E-state index contributed by atoms with van der Waals surface area (Å²) in [5.74, 6) is -3.00. The molecule has 0 saturated carbocycles. The minimum atomic E-state index is -0.725. The molecule has 1 N–H and O–H groups in total. The number of ether oxygens (including phenoxy) is 2. The lowest BCUT2D eigenvalue weighted by molar-refractivity contribution is -0.385. The molecule has 188 valence electrons. The average Bonchev–Trinajstić information content (AvgIpc) is 2.83. The molecule has 0 amide bonds. The summed E-state index contributed by atoms with van der Waals surface area (Å²) in [7, 11) is 3.25. The number of nitrogens with zero attached hydrogens (tertiary/aromatic N) is 2. The lowest BCUT2D eigenvalue weighted by atomic mass is 9.68. The second kappa shape index (κ2) is 11.9. The monoisotopic (exact) mass is 483 g/mol. The fourth-order valence-electron chi connectivity index (χ4n) is 4.94. The van der Waals surface area contributed by atoms with E-state index in [-0.39, 0.29) is 24.4 Å². The molecule has 0 bridgehead atoms. The quantitative estimate of drug-likeness (QED) is 0.329. The van der Waals surface area contributed by atoms with Crippen LogP contribution < -0.4 is 5.32 Å². The Morgan fingerprint density at radius 3 is 2.31 bits per heavy atom. The van der Waals surface area contributed by atoms with Crippen LogP contribution in [-0.4, -0.2) is 61.2 Å². The van der Waals surface area contributed by atoms with Crippen molar-refractivity contribution < 1.29 is 24.0 Å². The molecule has 2 aromatic rings. The Morgan fingerprint density at radius 1 is 1.03 bits per heavy atom. The van der Waals surface area contributed by atoms with Crippen LogP contribution in [-0.2, 0) is 25.6 Å². The number of piperidine rings is 1. The zero-order chi connectivity index (χ0) is 25.5. The van der Waals surface area contributed by atoms with Gasteiger partial charge in [-0.1, -0.05) is 42.5 Å². The number of carbonyl (C=O) groups excluding carboxylic acids is 2. The number of nitro groups is 1. The van der Waals surface area contributed by atoms with Crippen molar-refractivity contribution in [1.29, 1.82) is 0 Å². The average molecular weight is 484 g/mol. The summed E-state index contributed by atoms with van der Waals surface area (Å²) in [6.45, 7) is 5.15. The smallest absolute Gasteiger partial charge is 0.311 e. The van der Waals surface area contributed by atoms with Crippen molar-refractivity contribution in [3.8, 4) is 0 Å². The third-order valence-electron chi connectivity index (χ3n) is 6.60. The molecule has 0 aliphatic carbocycles. The van der Waals surface area contributed by atoms with E-state index in [2.05, 4.69) is 10.2 Å². The maximum Gasteiger partial charge on any atom is 0.311 e. The number of nitrogens with one attached hydrogen (secondary N) is 1. The Labute approximate surface area is 205 Å². The zero-order valence-corrected chi connectivity index (χ0v) is 20.5. The third kappa shape index (κ3) is 6.43. The number of hydrogen-bond donors (Lipinski definition) is 1. The van der Waals surface area contributed by atoms with Crippen LogP contribution in [0.1, 0.15) is 30.9 Å². The van der Waals surface area contributed by atoms with Gasteiger partial charge in [-0.3, -0.25) is 24.6 Å². The van der Waals surface area contributed by atoms with Gasteiger partial charge in [-0.05, 0) is 32.0 Å². The van der Waals surface area contributed by atoms with Gasteiger partial charge in [0.15, 0.2) is 0 Å². The minimum absolute atomic E-state index is 0.0976. The van der Waals surface area contributed by atoms with Gasteiger partial charge in [0.25, 0.3) is 5.69 Å². The van der Waals surface area contributed by atoms with Gasteiger partial charge in [-0.2, -0.15) is 0 Å². The van der Waals surface area contributed by atoms with Crippen LogP contribution in [0.5, 0.6) is 0 Å². The van der Waals surface area contributed by atoms with Crippen molar-refractivity contribution in [2.24, 2.45) is 11.8 Å². The van der Waals surface area contributed by atoms with E-state index >= 15 is 0 Å². The van der Waals surface area contributed by atoms with E-state index in [1.54, 1.807) is 12.1 Å². The van der Waals surface area contributed by atoms with E-state index in [9.17, 15) is 19.7 Å². The highest BCUT2D eigenvalue weighted by atomic mass is 16.6. The molecular formula is C26H33N3O6. The highest BCUT2D eigenvalue weighted by Crippen LogP contribution is 2.42. The van der Waals surface area contributed by atoms with Crippen LogP contribution in [0.3, 0.4) is 0 Å². The van der Waals surface area contributed by atoms with Crippen LogP contribution in [0.15, 0.2) is 54.6 Å². The second-order valence-corrected chi connectivity index (χ2v) is 9.09. The molecule has 0 radical (unpaired) electrons. The van der Waals surface area contributed by atoms with Crippen molar-refractivity contribution in [1.82, 2.24) is 10.2 Å². The van der Waals surface area contributed by atoms with Gasteiger partial charge in [-0.15, -0.1) is 0 Å². The number of benzene rings is 2. The fraction of sp³-hybridized carbons (Fsp3) is 0.462. The first kappa shape index (κ1) is 26.3. The Bertz CT molecular complexity index is 1030. The Hall–Kier alpha value is -3.30. The summed E-state index contributed by atoms with van der Waals surface area (Å²) in [6.07, 6.45) is 0. The van der Waals surface area contributed by atoms with Crippen LogP contribution in [0.2, 0.25) is 0 Å². The molecule has 1 aliphatic rings. The predicted octanol–water partition coefficient (Wildman–Crippen LogP) is 3.14. The number of likely N-dealkylation sites (N-methyl/N-ethyl adjacent to an activating group) is 1. The van der Waals surface area contributed by atoms with E-state index in [0.717, 1.165) is 12.1 Å². The summed E-state index contributed by atoms with van der Waals surface area (Å²) < 4.78 is 10.7. The van der Waals surface area contributed by atoms with Crippen molar-refractivity contribution >= 4 is 17.6 Å². The Kier molecular flexibility index (Phi) is 8.95. The zero-order valence-electron chi connectivity index (χ0n) is 20.5. The maximum atomic E-state index is 13.3. The van der Waals surface area contributed by atoms with Gasteiger partial charge in [-0.25, -0.2) is 0 Å². The summed E-state index contributed by atoms with van der Waals surface area (Å²) in [4.78, 5) is 39.1. The molecule has 9 nitrogen and oxygen atoms in total. The third-order valence-corrected chi connectivity index (χ3v) is 6.60. The number of carbonyl (C=O) groups is 2. The first-order valence-electron chi connectivity index (χ1n) is 11.7. The number of rotatable bonds is 9. The molecule has 0 spiro atoms. The van der Waals surface area contributed by atoms with Crippen LogP contribution in [0.25, 0.3) is 0 Å². The summed E-state index contributed by atoms with van der Waals surface area (Å²) >= 11 is 0. The normalized spacial score (nSPS) is 24.1. The highest BCUT2D eigenvalue weighted by molar-refractivity contribution is 5.80. The van der Waals surface area contributed by atoms with Gasteiger partial charge in [0.2, 0.25) is 0 Å². The first-order chi connectivity index (χ1) is 16.7. The molecule has 0 aromatic heterocycles. The molecule has 1 saturated heterocycles. The molecule has 35 heavy (non-hydrogen) atoms. The number of esters is 2. The number of methoxy groups -OCH3 is 1. The topological polar surface area (TPSA) is 111 Å². The van der Waals surface area contributed by atoms with Gasteiger partial charge in [0.1, 0.15) is 6.61 Å². The largest absolute Gasteiger partial charge is 0.469 e. The maximum absolute atomic E-state index is 13.3. The second-order valence-electron chi connectivity index (χ2n) is 9.09. The van der Waals surface area contributed by atoms with Gasteiger partial charge < -0.3 is 14.8 Å². The summed E-state index contributed by atoms with van der Waals surface area (Å²) in [6, 6.07) is 15.5. The lowest BCUT2D eigenvalue weighted by Gasteiger charge is -2.44. The highest BCUT2D eigenvalue weighted by Gasteiger charge is 2.50. The van der Waals surface area contributed by atoms with E-state index < -0.39 is 34.6 Å². The number of hydrogen-bond acceptors (Lipinski definition) is 8. The number of non-ortho nitro benzene ring substituents is 1. The van der Waals surface area contributed by atoms with Crippen molar-refractivity contribution in [2.45, 2.75) is 38.4 Å². The fourth-order valence-corrected chi connectivity index (χ4v) is 4.94. The standard InChI is InChI=1S/C26H33N3O6/c1-17-22(25(30)34-4)24(20-11-8-12-21(15-20)29(32)33)23(18(2)27-17)26(31)35-14-13-28(3)16-19-9-6-5-7-10-19/h5-12,15,17-18,22-24,27H,13-14,16H2,1-4H3. The van der Waals surface area contributed by atoms with Crippen LogP contribution >= 0.6 is 0 Å². The minimum Gasteiger partial charge on any atom is -0.469 e. The van der Waals surface area contributed by atoms with Crippen molar-refractivity contribution in [3.63, 3.8) is 0 Å². The lowest BCUT2D eigenvalue weighted by Crippen LogP contribution is -2.58. The summed E-state index contributed by atoms with van der Waals surface area (Å²) in [5.41, 5.74) is 1.60. The Morgan fingerprint density at radius 2 is 1.69 bits per heavy atom. The molecule has 1 aliphatic heterocycles. The van der Waals surface area contributed by atoms with E-state index in [4.69, 9.17) is 9.47 Å². The van der Waals surface area contributed by atoms with Crippen molar-refractivity contribution in [2.75, 3.05) is 27.3 Å². The van der Waals surface area contributed by atoms with Crippen molar-refractivity contribution in [3.05, 3.63) is 75.8 Å². The molecule has 1 fully saturated rings. The predicted molar refractivity (Wildman–Crippen MR) is 131 cm³/mol. The summed E-state index contributed by atoms with van der Waals surface area (Å²) in [5, 5.41) is 14.7. The van der Waals surface area contributed by atoms with Gasteiger partial charge in [0, 0.05) is 43.2 Å². The van der Waals surface area contributed by atoms with Crippen LogP contribution in [0.4, 0.5) is 5.69 Å². The van der Waals surface area contributed by atoms with Gasteiger partial charge in [0.05, 0.1) is 23.9 Å². The number of nitro benzene ring substituents is 1.